The largest absolute Gasteiger partial charge is 0.444 e. The number of anilines is 2. The topological polar surface area (TPSA) is 76.5 Å². The van der Waals surface area contributed by atoms with Crippen LogP contribution in [0.4, 0.5) is 25.0 Å². The summed E-state index contributed by atoms with van der Waals surface area (Å²) in [4.78, 5) is 31.0. The van der Waals surface area contributed by atoms with E-state index in [2.05, 4.69) is 10.3 Å². The van der Waals surface area contributed by atoms with Crippen LogP contribution in [-0.4, -0.2) is 34.2 Å². The van der Waals surface area contributed by atoms with E-state index in [0.717, 1.165) is 28.9 Å². The molecule has 186 valence electrons. The molecular formula is C27H26F2N4O3. The van der Waals surface area contributed by atoms with E-state index in [1.54, 1.807) is 51.4 Å². The highest BCUT2D eigenvalue weighted by molar-refractivity contribution is 6.07. The molecule has 1 aromatic heterocycles. The normalized spacial score (nSPS) is 11.4. The van der Waals surface area contributed by atoms with E-state index < -0.39 is 23.3 Å². The molecule has 0 atom stereocenters. The molecule has 0 aliphatic heterocycles. The van der Waals surface area contributed by atoms with Gasteiger partial charge in [-0.05, 0) is 81.8 Å². The number of benzene rings is 3. The van der Waals surface area contributed by atoms with Gasteiger partial charge in [0.05, 0.1) is 11.0 Å². The number of aryl methyl sites for hydroxylation is 1. The molecule has 9 heteroatoms. The number of halogens is 2. The average molecular weight is 493 g/mol. The Morgan fingerprint density at radius 2 is 1.69 bits per heavy atom. The number of ether oxygens (including phenoxy) is 1. The summed E-state index contributed by atoms with van der Waals surface area (Å²) in [6.07, 6.45) is 1.11. The zero-order valence-electron chi connectivity index (χ0n) is 20.6. The maximum atomic E-state index is 13.7. The van der Waals surface area contributed by atoms with E-state index >= 15 is 0 Å². The van der Waals surface area contributed by atoms with E-state index in [0.29, 0.717) is 16.8 Å². The van der Waals surface area contributed by atoms with Crippen LogP contribution in [0.1, 0.15) is 36.7 Å². The highest BCUT2D eigenvalue weighted by atomic mass is 19.2. The van der Waals surface area contributed by atoms with E-state index in [9.17, 15) is 18.4 Å². The molecule has 0 unspecified atom stereocenters. The van der Waals surface area contributed by atoms with Crippen LogP contribution in [0.15, 0.2) is 60.9 Å². The second-order valence-electron chi connectivity index (χ2n) is 9.41. The molecule has 0 fully saturated rings. The summed E-state index contributed by atoms with van der Waals surface area (Å²) < 4.78 is 34.1. The summed E-state index contributed by atoms with van der Waals surface area (Å²) in [6, 6.07) is 13.8. The number of aromatic nitrogens is 2. The van der Waals surface area contributed by atoms with Crippen molar-refractivity contribution < 1.29 is 23.1 Å². The molecule has 1 heterocycles. The van der Waals surface area contributed by atoms with Gasteiger partial charge in [-0.25, -0.2) is 18.6 Å². The maximum Gasteiger partial charge on any atom is 0.412 e. The Morgan fingerprint density at radius 1 is 1.00 bits per heavy atom. The van der Waals surface area contributed by atoms with Crippen LogP contribution in [0.3, 0.4) is 0 Å². The van der Waals surface area contributed by atoms with Gasteiger partial charge in [0, 0.05) is 35.7 Å². The molecule has 0 aliphatic carbocycles. The number of hydrogen-bond donors (Lipinski definition) is 1. The highest BCUT2D eigenvalue weighted by Crippen LogP contribution is 2.26. The van der Waals surface area contributed by atoms with Crippen molar-refractivity contribution in [1.29, 1.82) is 0 Å². The lowest BCUT2D eigenvalue weighted by Gasteiger charge is -2.19. The SMILES string of the molecule is Cc1cc(C(=O)N(C)c2ccc(F)c(F)c2)cc2c1ncn2-c1ccc(NC(=O)OC(C)(C)C)cc1. The zero-order valence-corrected chi connectivity index (χ0v) is 20.6. The number of carbonyl (C=O) groups excluding carboxylic acids is 2. The first-order valence-corrected chi connectivity index (χ1v) is 11.2. The first kappa shape index (κ1) is 24.8. The number of fused-ring (bicyclic) bond motifs is 1. The number of amides is 2. The van der Waals surface area contributed by atoms with Gasteiger partial charge in [0.2, 0.25) is 0 Å². The van der Waals surface area contributed by atoms with Crippen molar-refractivity contribution in [3.63, 3.8) is 0 Å². The number of nitrogens with zero attached hydrogens (tertiary/aromatic N) is 3. The van der Waals surface area contributed by atoms with Crippen molar-refractivity contribution in [2.75, 3.05) is 17.3 Å². The van der Waals surface area contributed by atoms with Crippen molar-refractivity contribution in [3.05, 3.63) is 83.7 Å². The summed E-state index contributed by atoms with van der Waals surface area (Å²) in [5.74, 6) is -2.38. The van der Waals surface area contributed by atoms with Crippen LogP contribution >= 0.6 is 0 Å². The Kier molecular flexibility index (Phi) is 6.49. The van der Waals surface area contributed by atoms with Gasteiger partial charge in [-0.2, -0.15) is 0 Å². The quantitative estimate of drug-likeness (QED) is 0.366. The third-order valence-corrected chi connectivity index (χ3v) is 5.48. The second kappa shape index (κ2) is 9.41. The first-order chi connectivity index (χ1) is 16.9. The predicted octanol–water partition coefficient (Wildman–Crippen LogP) is 6.24. The Hall–Kier alpha value is -4.27. The predicted molar refractivity (Wildman–Crippen MR) is 135 cm³/mol. The number of nitrogens with one attached hydrogen (secondary N) is 1. The molecule has 4 rings (SSSR count). The summed E-state index contributed by atoms with van der Waals surface area (Å²) in [5.41, 5.74) is 3.55. The van der Waals surface area contributed by atoms with Crippen molar-refractivity contribution >= 4 is 34.4 Å². The minimum Gasteiger partial charge on any atom is -0.444 e. The minimum absolute atomic E-state index is 0.234. The lowest BCUT2D eigenvalue weighted by Crippen LogP contribution is -2.27. The molecule has 0 aliphatic rings. The summed E-state index contributed by atoms with van der Waals surface area (Å²) in [6.45, 7) is 7.21. The van der Waals surface area contributed by atoms with Crippen molar-refractivity contribution in [2.45, 2.75) is 33.3 Å². The van der Waals surface area contributed by atoms with E-state index in [-0.39, 0.29) is 11.6 Å². The fourth-order valence-electron chi connectivity index (χ4n) is 3.75. The summed E-state index contributed by atoms with van der Waals surface area (Å²) in [5, 5.41) is 2.69. The molecule has 0 saturated carbocycles. The molecule has 4 aromatic rings. The average Bonchev–Trinajstić information content (AvgIpc) is 3.24. The molecular weight excluding hydrogens is 466 g/mol. The van der Waals surface area contributed by atoms with Crippen molar-refractivity contribution in [2.24, 2.45) is 0 Å². The Labute approximate surface area is 207 Å². The lowest BCUT2D eigenvalue weighted by molar-refractivity contribution is 0.0635. The smallest absolute Gasteiger partial charge is 0.412 e. The van der Waals surface area contributed by atoms with Crippen LogP contribution in [0.25, 0.3) is 16.7 Å². The van der Waals surface area contributed by atoms with Crippen LogP contribution in [0, 0.1) is 18.6 Å². The monoisotopic (exact) mass is 492 g/mol. The van der Waals surface area contributed by atoms with E-state index in [1.807, 2.05) is 23.6 Å². The van der Waals surface area contributed by atoms with Gasteiger partial charge < -0.3 is 9.64 Å². The third kappa shape index (κ3) is 5.19. The molecule has 36 heavy (non-hydrogen) atoms. The zero-order chi connectivity index (χ0) is 26.2. The van der Waals surface area contributed by atoms with Gasteiger partial charge in [-0.15, -0.1) is 0 Å². The molecule has 2 amide bonds. The van der Waals surface area contributed by atoms with Crippen molar-refractivity contribution in [1.82, 2.24) is 9.55 Å². The van der Waals surface area contributed by atoms with Crippen LogP contribution in [-0.2, 0) is 4.74 Å². The maximum absolute atomic E-state index is 13.7. The number of rotatable bonds is 4. The highest BCUT2D eigenvalue weighted by Gasteiger charge is 2.19. The molecule has 0 saturated heterocycles. The summed E-state index contributed by atoms with van der Waals surface area (Å²) in [7, 11) is 1.50. The molecule has 1 N–H and O–H groups in total. The number of carbonyl (C=O) groups is 2. The fourth-order valence-corrected chi connectivity index (χ4v) is 3.75. The van der Waals surface area contributed by atoms with Crippen LogP contribution < -0.4 is 10.2 Å². The molecule has 7 nitrogen and oxygen atoms in total. The van der Waals surface area contributed by atoms with Gasteiger partial charge in [0.1, 0.15) is 11.9 Å². The van der Waals surface area contributed by atoms with E-state index in [1.165, 1.54) is 18.0 Å². The Morgan fingerprint density at radius 3 is 2.33 bits per heavy atom. The van der Waals surface area contributed by atoms with Crippen LogP contribution in [0.5, 0.6) is 0 Å². The van der Waals surface area contributed by atoms with Gasteiger partial charge in [0.15, 0.2) is 11.6 Å². The lowest BCUT2D eigenvalue weighted by atomic mass is 10.1. The molecule has 3 aromatic carbocycles. The van der Waals surface area contributed by atoms with Gasteiger partial charge in [-0.1, -0.05) is 0 Å². The Bertz CT molecular complexity index is 1460. The molecule has 0 bridgehead atoms. The standard InChI is InChI=1S/C27H26F2N4O3/c1-16-12-17(25(34)32(5)20-10-11-21(28)22(29)14-20)13-23-24(16)30-15-33(23)19-8-6-18(7-9-19)31-26(35)36-27(2,3)4/h6-15H,1-5H3,(H,31,35). The molecule has 0 radical (unpaired) electrons. The Balaban J connectivity index is 1.62. The summed E-state index contributed by atoms with van der Waals surface area (Å²) >= 11 is 0. The van der Waals surface area contributed by atoms with Gasteiger partial charge >= 0.3 is 6.09 Å². The first-order valence-electron chi connectivity index (χ1n) is 11.2. The number of hydrogen-bond acceptors (Lipinski definition) is 4. The van der Waals surface area contributed by atoms with Crippen molar-refractivity contribution in [3.8, 4) is 5.69 Å². The van der Waals surface area contributed by atoms with Crippen LogP contribution in [0.2, 0.25) is 0 Å². The van der Waals surface area contributed by atoms with Gasteiger partial charge in [0.25, 0.3) is 5.91 Å². The second-order valence-corrected chi connectivity index (χ2v) is 9.41. The minimum atomic E-state index is -1.03. The molecule has 0 spiro atoms. The van der Waals surface area contributed by atoms with Gasteiger partial charge in [-0.3, -0.25) is 14.7 Å². The van der Waals surface area contributed by atoms with E-state index in [4.69, 9.17) is 4.74 Å². The number of imidazole rings is 1. The third-order valence-electron chi connectivity index (χ3n) is 5.48. The fraction of sp³-hybridized carbons (Fsp3) is 0.222.